The van der Waals surface area contributed by atoms with Crippen molar-refractivity contribution in [2.45, 2.75) is 66.5 Å². The number of nitrogens with one attached hydrogen (secondary N) is 1. The lowest BCUT2D eigenvalue weighted by molar-refractivity contribution is -0.151. The Kier molecular flexibility index (Phi) is 6.43. The number of rotatable bonds is 6. The van der Waals surface area contributed by atoms with Crippen LogP contribution in [0.3, 0.4) is 0 Å². The third-order valence-corrected chi connectivity index (χ3v) is 4.09. The van der Waals surface area contributed by atoms with Gasteiger partial charge in [-0.3, -0.25) is 9.59 Å². The van der Waals surface area contributed by atoms with Gasteiger partial charge in [-0.05, 0) is 32.1 Å². The average Bonchev–Trinajstić information content (AvgIpc) is 2.39. The molecule has 0 saturated carbocycles. The highest BCUT2D eigenvalue weighted by molar-refractivity contribution is 5.97. The van der Waals surface area contributed by atoms with Crippen molar-refractivity contribution < 1.29 is 9.59 Å². The number of hydrogen-bond donors (Lipinski definition) is 1. The lowest BCUT2D eigenvalue weighted by Gasteiger charge is -2.41. The summed E-state index contributed by atoms with van der Waals surface area (Å²) in [5.74, 6) is 0.604. The van der Waals surface area contributed by atoms with Crippen LogP contribution in [0.1, 0.15) is 54.4 Å². The molecule has 0 radical (unpaired) electrons. The number of amides is 2. The first kappa shape index (κ1) is 17.7. The first-order chi connectivity index (χ1) is 9.77. The Balaban J connectivity index is 3.01. The third kappa shape index (κ3) is 4.58. The molecule has 3 atom stereocenters. The van der Waals surface area contributed by atoms with E-state index in [2.05, 4.69) is 26.1 Å². The zero-order valence-electron chi connectivity index (χ0n) is 14.3. The van der Waals surface area contributed by atoms with E-state index in [1.807, 2.05) is 26.8 Å². The van der Waals surface area contributed by atoms with Crippen molar-refractivity contribution in [2.24, 2.45) is 11.8 Å². The van der Waals surface area contributed by atoms with Gasteiger partial charge in [-0.25, -0.2) is 0 Å². The molecule has 1 aliphatic rings. The van der Waals surface area contributed by atoms with E-state index >= 15 is 0 Å². The van der Waals surface area contributed by atoms with Crippen LogP contribution in [0.25, 0.3) is 0 Å². The number of hydrogen-bond acceptors (Lipinski definition) is 2. The summed E-state index contributed by atoms with van der Waals surface area (Å²) >= 11 is 0. The molecular formula is C17H30N2O2. The summed E-state index contributed by atoms with van der Waals surface area (Å²) in [4.78, 5) is 27.0. The van der Waals surface area contributed by atoms with E-state index in [-0.39, 0.29) is 29.8 Å². The van der Waals surface area contributed by atoms with Gasteiger partial charge in [0.1, 0.15) is 12.1 Å². The molecule has 1 saturated heterocycles. The highest BCUT2D eigenvalue weighted by Gasteiger charge is 2.42. The lowest BCUT2D eigenvalue weighted by Crippen LogP contribution is -2.65. The molecule has 3 unspecified atom stereocenters. The Hall–Kier alpha value is -1.32. The quantitative estimate of drug-likeness (QED) is 0.766. The Labute approximate surface area is 129 Å². The van der Waals surface area contributed by atoms with Crippen LogP contribution < -0.4 is 5.32 Å². The zero-order chi connectivity index (χ0) is 16.2. The standard InChI is InChI=1S/C17H30N2O2/c1-7-13(6)15-16(20)18-14(10-12(4)5)17(21)19(15)9-8-11(2)3/h8,12-15H,7,9-10H2,1-6H3,(H,18,20). The van der Waals surface area contributed by atoms with Gasteiger partial charge in [0.2, 0.25) is 11.8 Å². The molecule has 0 aliphatic carbocycles. The molecule has 1 aliphatic heterocycles. The maximum atomic E-state index is 12.7. The average molecular weight is 294 g/mol. The van der Waals surface area contributed by atoms with Crippen molar-refractivity contribution in [3.8, 4) is 0 Å². The summed E-state index contributed by atoms with van der Waals surface area (Å²) in [6.45, 7) is 12.8. The van der Waals surface area contributed by atoms with Gasteiger partial charge in [-0.2, -0.15) is 0 Å². The first-order valence-electron chi connectivity index (χ1n) is 8.02. The SMILES string of the molecule is CCC(C)C1C(=O)NC(CC(C)C)C(=O)N1CC=C(C)C. The smallest absolute Gasteiger partial charge is 0.246 e. The van der Waals surface area contributed by atoms with Crippen LogP contribution in [0.2, 0.25) is 0 Å². The molecule has 1 rings (SSSR count). The maximum absolute atomic E-state index is 12.7. The van der Waals surface area contributed by atoms with Crippen LogP contribution in [0.15, 0.2) is 11.6 Å². The van der Waals surface area contributed by atoms with Crippen molar-refractivity contribution in [1.29, 1.82) is 0 Å². The largest absolute Gasteiger partial charge is 0.342 e. The predicted molar refractivity (Wildman–Crippen MR) is 85.8 cm³/mol. The van der Waals surface area contributed by atoms with Gasteiger partial charge in [0, 0.05) is 6.54 Å². The minimum absolute atomic E-state index is 0.00300. The van der Waals surface area contributed by atoms with Crippen LogP contribution in [-0.4, -0.2) is 35.3 Å². The van der Waals surface area contributed by atoms with Crippen molar-refractivity contribution in [1.82, 2.24) is 10.2 Å². The van der Waals surface area contributed by atoms with Gasteiger partial charge in [0.15, 0.2) is 0 Å². The number of carbonyl (C=O) groups excluding carboxylic acids is 2. The maximum Gasteiger partial charge on any atom is 0.246 e. The van der Waals surface area contributed by atoms with E-state index in [1.165, 1.54) is 0 Å². The predicted octanol–water partition coefficient (Wildman–Crippen LogP) is 2.74. The topological polar surface area (TPSA) is 49.4 Å². The molecule has 2 amide bonds. The fraction of sp³-hybridized carbons (Fsp3) is 0.765. The van der Waals surface area contributed by atoms with Gasteiger partial charge in [0.25, 0.3) is 0 Å². The van der Waals surface area contributed by atoms with Crippen LogP contribution in [-0.2, 0) is 9.59 Å². The van der Waals surface area contributed by atoms with Gasteiger partial charge in [0.05, 0.1) is 0 Å². The van der Waals surface area contributed by atoms with E-state index in [1.54, 1.807) is 4.90 Å². The summed E-state index contributed by atoms with van der Waals surface area (Å²) in [7, 11) is 0. The summed E-state index contributed by atoms with van der Waals surface area (Å²) in [5.41, 5.74) is 1.16. The molecule has 0 aromatic heterocycles. The van der Waals surface area contributed by atoms with E-state index in [0.717, 1.165) is 12.0 Å². The number of carbonyl (C=O) groups is 2. The lowest BCUT2D eigenvalue weighted by atomic mass is 9.91. The van der Waals surface area contributed by atoms with Crippen LogP contribution in [0, 0.1) is 11.8 Å². The molecule has 21 heavy (non-hydrogen) atoms. The summed E-state index contributed by atoms with van der Waals surface area (Å²) in [5, 5.41) is 2.93. The Bertz CT molecular complexity index is 411. The van der Waals surface area contributed by atoms with Gasteiger partial charge in [-0.15, -0.1) is 0 Å². The molecule has 1 fully saturated rings. The fourth-order valence-corrected chi connectivity index (χ4v) is 2.70. The van der Waals surface area contributed by atoms with E-state index in [9.17, 15) is 9.59 Å². The van der Waals surface area contributed by atoms with Crippen molar-refractivity contribution in [3.05, 3.63) is 11.6 Å². The van der Waals surface area contributed by atoms with Gasteiger partial charge in [-0.1, -0.05) is 45.8 Å². The molecule has 1 heterocycles. The molecule has 4 nitrogen and oxygen atoms in total. The van der Waals surface area contributed by atoms with Gasteiger partial charge >= 0.3 is 0 Å². The van der Waals surface area contributed by atoms with Crippen LogP contribution in [0.5, 0.6) is 0 Å². The first-order valence-corrected chi connectivity index (χ1v) is 8.02. The molecule has 0 aromatic carbocycles. The van der Waals surface area contributed by atoms with Crippen molar-refractivity contribution in [2.75, 3.05) is 6.54 Å². The molecular weight excluding hydrogens is 264 g/mol. The van der Waals surface area contributed by atoms with Crippen LogP contribution >= 0.6 is 0 Å². The Morgan fingerprint density at radius 2 is 1.90 bits per heavy atom. The second kappa shape index (κ2) is 7.62. The zero-order valence-corrected chi connectivity index (χ0v) is 14.3. The normalized spacial score (nSPS) is 24.0. The van der Waals surface area contributed by atoms with Crippen molar-refractivity contribution in [3.63, 3.8) is 0 Å². The summed E-state index contributed by atoms with van der Waals surface area (Å²) in [6, 6.07) is -0.718. The highest BCUT2D eigenvalue weighted by atomic mass is 16.2. The minimum Gasteiger partial charge on any atom is -0.342 e. The number of allylic oxidation sites excluding steroid dienone is 1. The Morgan fingerprint density at radius 1 is 1.29 bits per heavy atom. The summed E-state index contributed by atoms with van der Waals surface area (Å²) in [6.07, 6.45) is 3.60. The van der Waals surface area contributed by atoms with E-state index in [0.29, 0.717) is 18.9 Å². The van der Waals surface area contributed by atoms with Crippen molar-refractivity contribution >= 4 is 11.8 Å². The molecule has 0 spiro atoms. The fourth-order valence-electron chi connectivity index (χ4n) is 2.70. The second-order valence-electron chi connectivity index (χ2n) is 6.79. The molecule has 0 aromatic rings. The number of piperazine rings is 1. The van der Waals surface area contributed by atoms with E-state index < -0.39 is 0 Å². The number of nitrogens with zero attached hydrogens (tertiary/aromatic N) is 1. The van der Waals surface area contributed by atoms with Gasteiger partial charge < -0.3 is 10.2 Å². The molecule has 4 heteroatoms. The Morgan fingerprint density at radius 3 is 2.38 bits per heavy atom. The molecule has 0 bridgehead atoms. The third-order valence-electron chi connectivity index (χ3n) is 4.09. The summed E-state index contributed by atoms with van der Waals surface area (Å²) < 4.78 is 0. The minimum atomic E-state index is -0.372. The highest BCUT2D eigenvalue weighted by Crippen LogP contribution is 2.22. The molecule has 120 valence electrons. The molecule has 1 N–H and O–H groups in total. The second-order valence-corrected chi connectivity index (χ2v) is 6.79. The van der Waals surface area contributed by atoms with Crippen LogP contribution in [0.4, 0.5) is 0 Å². The monoisotopic (exact) mass is 294 g/mol. The van der Waals surface area contributed by atoms with E-state index in [4.69, 9.17) is 0 Å².